The Hall–Kier alpha value is -1.16. The Bertz CT molecular complexity index is 499. The molecule has 0 heterocycles. The Morgan fingerprint density at radius 3 is 2.00 bits per heavy atom. The first kappa shape index (κ1) is 21.9. The van der Waals surface area contributed by atoms with Crippen molar-refractivity contribution >= 4 is 33.3 Å². The molecule has 0 bridgehead atoms. The maximum absolute atomic E-state index is 11.9. The average molecular weight is 410 g/mol. The highest BCUT2D eigenvalue weighted by Crippen LogP contribution is 2.15. The summed E-state index contributed by atoms with van der Waals surface area (Å²) >= 11 is 3.36. The predicted octanol–water partition coefficient (Wildman–Crippen LogP) is 6.66. The summed E-state index contributed by atoms with van der Waals surface area (Å²) in [5, 5.41) is 2.85. The van der Waals surface area contributed by atoms with E-state index in [1.54, 1.807) is 0 Å². The molecule has 0 fully saturated rings. The number of unbranched alkanes of at least 4 members (excludes halogenated alkanes) is 7. The van der Waals surface area contributed by atoms with E-state index in [0.717, 1.165) is 23.0 Å². The molecule has 0 atom stereocenters. The van der Waals surface area contributed by atoms with Crippen LogP contribution in [-0.4, -0.2) is 11.7 Å². The zero-order chi connectivity index (χ0) is 18.3. The summed E-state index contributed by atoms with van der Waals surface area (Å²) in [6.45, 7) is 2.23. The largest absolute Gasteiger partial charge is 0.326 e. The third-order valence-electron chi connectivity index (χ3n) is 4.30. The van der Waals surface area contributed by atoms with Crippen molar-refractivity contribution in [2.75, 3.05) is 5.32 Å². The normalized spacial score (nSPS) is 10.6. The molecule has 0 aliphatic heterocycles. The summed E-state index contributed by atoms with van der Waals surface area (Å²) in [4.78, 5) is 23.7. The van der Waals surface area contributed by atoms with Crippen LogP contribution in [0.1, 0.15) is 84.0 Å². The van der Waals surface area contributed by atoms with Gasteiger partial charge in [0.05, 0.1) is 0 Å². The standard InChI is InChI=1S/C21H32BrNO2/c1-2-3-4-5-6-7-8-9-11-20(24)12-10-13-21(25)23-19-16-14-18(22)15-17-19/h14-17H,2-13H2,1H3,(H,23,25). The van der Waals surface area contributed by atoms with Crippen LogP contribution in [0.4, 0.5) is 5.69 Å². The van der Waals surface area contributed by atoms with Crippen molar-refractivity contribution in [2.45, 2.75) is 84.0 Å². The van der Waals surface area contributed by atoms with Gasteiger partial charge in [-0.3, -0.25) is 9.59 Å². The molecule has 0 saturated carbocycles. The number of hydrogen-bond donors (Lipinski definition) is 1. The molecule has 1 rings (SSSR count). The van der Waals surface area contributed by atoms with Crippen LogP contribution in [-0.2, 0) is 9.59 Å². The van der Waals surface area contributed by atoms with Gasteiger partial charge in [0.25, 0.3) is 0 Å². The lowest BCUT2D eigenvalue weighted by atomic mass is 10.0. The molecule has 0 aliphatic carbocycles. The van der Waals surface area contributed by atoms with E-state index in [4.69, 9.17) is 0 Å². The number of benzene rings is 1. The Morgan fingerprint density at radius 2 is 1.36 bits per heavy atom. The number of nitrogens with one attached hydrogen (secondary N) is 1. The van der Waals surface area contributed by atoms with Crippen LogP contribution in [0.2, 0.25) is 0 Å². The molecular formula is C21H32BrNO2. The number of anilines is 1. The molecule has 25 heavy (non-hydrogen) atoms. The predicted molar refractivity (Wildman–Crippen MR) is 109 cm³/mol. The molecule has 0 saturated heterocycles. The second-order valence-corrected chi connectivity index (χ2v) is 7.59. The highest BCUT2D eigenvalue weighted by Gasteiger charge is 2.06. The minimum Gasteiger partial charge on any atom is -0.326 e. The lowest BCUT2D eigenvalue weighted by Crippen LogP contribution is -2.11. The van der Waals surface area contributed by atoms with Gasteiger partial charge in [0.15, 0.2) is 0 Å². The van der Waals surface area contributed by atoms with Gasteiger partial charge in [-0.15, -0.1) is 0 Å². The molecular weight excluding hydrogens is 378 g/mol. The Morgan fingerprint density at radius 1 is 0.800 bits per heavy atom. The summed E-state index contributed by atoms with van der Waals surface area (Å²) in [6, 6.07) is 7.50. The third kappa shape index (κ3) is 11.9. The number of carbonyl (C=O) groups is 2. The van der Waals surface area contributed by atoms with Crippen LogP contribution in [0, 0.1) is 0 Å². The summed E-state index contributed by atoms with van der Waals surface area (Å²) in [7, 11) is 0. The molecule has 1 N–H and O–H groups in total. The van der Waals surface area contributed by atoms with Crippen molar-refractivity contribution in [2.24, 2.45) is 0 Å². The number of hydrogen-bond acceptors (Lipinski definition) is 2. The Balaban J connectivity index is 1.99. The second-order valence-electron chi connectivity index (χ2n) is 6.67. The molecule has 4 heteroatoms. The van der Waals surface area contributed by atoms with Gasteiger partial charge in [-0.05, 0) is 37.1 Å². The highest BCUT2D eigenvalue weighted by molar-refractivity contribution is 9.10. The van der Waals surface area contributed by atoms with Crippen LogP contribution >= 0.6 is 15.9 Å². The summed E-state index contributed by atoms with van der Waals surface area (Å²) in [5.74, 6) is 0.268. The first-order valence-corrected chi connectivity index (χ1v) is 10.5. The van der Waals surface area contributed by atoms with Crippen molar-refractivity contribution in [3.8, 4) is 0 Å². The molecule has 0 radical (unpaired) electrons. The highest BCUT2D eigenvalue weighted by atomic mass is 79.9. The molecule has 1 amide bonds. The third-order valence-corrected chi connectivity index (χ3v) is 4.83. The van der Waals surface area contributed by atoms with Crippen molar-refractivity contribution in [1.29, 1.82) is 0 Å². The van der Waals surface area contributed by atoms with Gasteiger partial charge in [0, 0.05) is 29.4 Å². The van der Waals surface area contributed by atoms with E-state index >= 15 is 0 Å². The zero-order valence-electron chi connectivity index (χ0n) is 15.5. The monoisotopic (exact) mass is 409 g/mol. The van der Waals surface area contributed by atoms with E-state index in [9.17, 15) is 9.59 Å². The maximum Gasteiger partial charge on any atom is 0.224 e. The molecule has 1 aromatic carbocycles. The van der Waals surface area contributed by atoms with E-state index in [1.807, 2.05) is 24.3 Å². The molecule has 0 spiro atoms. The number of ketones is 1. The van der Waals surface area contributed by atoms with E-state index in [-0.39, 0.29) is 5.91 Å². The molecule has 3 nitrogen and oxygen atoms in total. The van der Waals surface area contributed by atoms with Crippen LogP contribution in [0.15, 0.2) is 28.7 Å². The average Bonchev–Trinajstić information content (AvgIpc) is 2.59. The smallest absolute Gasteiger partial charge is 0.224 e. The maximum atomic E-state index is 11.9. The van der Waals surface area contributed by atoms with E-state index in [1.165, 1.54) is 38.5 Å². The molecule has 0 aliphatic rings. The quantitative estimate of drug-likeness (QED) is 0.349. The van der Waals surface area contributed by atoms with Gasteiger partial charge < -0.3 is 5.32 Å². The number of Topliss-reactive ketones (excluding diaryl/α,β-unsaturated/α-hetero) is 1. The van der Waals surface area contributed by atoms with Crippen LogP contribution in [0.5, 0.6) is 0 Å². The van der Waals surface area contributed by atoms with Gasteiger partial charge in [-0.1, -0.05) is 67.8 Å². The molecule has 140 valence electrons. The van der Waals surface area contributed by atoms with Gasteiger partial charge in [-0.25, -0.2) is 0 Å². The van der Waals surface area contributed by atoms with Gasteiger partial charge in [0.2, 0.25) is 5.91 Å². The number of carbonyl (C=O) groups excluding carboxylic acids is 2. The fraction of sp³-hybridized carbons (Fsp3) is 0.619. The van der Waals surface area contributed by atoms with E-state index in [0.29, 0.717) is 31.5 Å². The fourth-order valence-corrected chi connectivity index (χ4v) is 3.05. The van der Waals surface area contributed by atoms with Crippen LogP contribution < -0.4 is 5.32 Å². The Kier molecular flexibility index (Phi) is 12.3. The molecule has 1 aromatic rings. The minimum atomic E-state index is -0.0257. The van der Waals surface area contributed by atoms with Crippen LogP contribution in [0.25, 0.3) is 0 Å². The number of amides is 1. The zero-order valence-corrected chi connectivity index (χ0v) is 17.1. The lowest BCUT2D eigenvalue weighted by Gasteiger charge is -2.05. The topological polar surface area (TPSA) is 46.2 Å². The second kappa shape index (κ2) is 14.1. The first-order valence-electron chi connectivity index (χ1n) is 9.69. The summed E-state index contributed by atoms with van der Waals surface area (Å²) in [6.07, 6.45) is 12.2. The molecule has 0 unspecified atom stereocenters. The van der Waals surface area contributed by atoms with Crippen molar-refractivity contribution in [3.05, 3.63) is 28.7 Å². The van der Waals surface area contributed by atoms with Crippen molar-refractivity contribution in [3.63, 3.8) is 0 Å². The summed E-state index contributed by atoms with van der Waals surface area (Å²) < 4.78 is 0.983. The number of halogens is 1. The number of rotatable bonds is 14. The molecule has 0 aromatic heterocycles. The summed E-state index contributed by atoms with van der Waals surface area (Å²) in [5.41, 5.74) is 0.790. The van der Waals surface area contributed by atoms with E-state index in [2.05, 4.69) is 28.2 Å². The van der Waals surface area contributed by atoms with Gasteiger partial charge in [0.1, 0.15) is 5.78 Å². The minimum absolute atomic E-state index is 0.0257. The SMILES string of the molecule is CCCCCCCCCCC(=O)CCCC(=O)Nc1ccc(Br)cc1. The van der Waals surface area contributed by atoms with Crippen LogP contribution in [0.3, 0.4) is 0 Å². The van der Waals surface area contributed by atoms with Gasteiger partial charge in [-0.2, -0.15) is 0 Å². The first-order chi connectivity index (χ1) is 12.1. The van der Waals surface area contributed by atoms with Crippen molar-refractivity contribution in [1.82, 2.24) is 0 Å². The van der Waals surface area contributed by atoms with E-state index < -0.39 is 0 Å². The lowest BCUT2D eigenvalue weighted by molar-refractivity contribution is -0.119. The fourth-order valence-electron chi connectivity index (χ4n) is 2.78. The van der Waals surface area contributed by atoms with Crippen molar-refractivity contribution < 1.29 is 9.59 Å². The van der Waals surface area contributed by atoms with Gasteiger partial charge >= 0.3 is 0 Å². The Labute approximate surface area is 161 Å².